The average molecular weight is 384 g/mol. The smallest absolute Gasteiger partial charge is 0.406 e. The number of carbonyl (C=O) groups is 2. The molecule has 0 bridgehead atoms. The lowest BCUT2D eigenvalue weighted by atomic mass is 10.1. The second-order valence-corrected chi connectivity index (χ2v) is 5.92. The van der Waals surface area contributed by atoms with Crippen LogP contribution < -0.4 is 9.64 Å². The number of carbonyl (C=O) groups excluding carboxylic acids is 2. The van der Waals surface area contributed by atoms with E-state index in [0.29, 0.717) is 17.4 Å². The Balaban J connectivity index is 2.05. The van der Waals surface area contributed by atoms with Gasteiger partial charge in [0.15, 0.2) is 10.9 Å². The first-order valence-electron chi connectivity index (χ1n) is 7.51. The van der Waals surface area contributed by atoms with Gasteiger partial charge in [-0.3, -0.25) is 14.5 Å². The molecule has 0 radical (unpaired) electrons. The zero-order valence-electron chi connectivity index (χ0n) is 13.9. The van der Waals surface area contributed by atoms with Gasteiger partial charge in [-0.15, -0.1) is 24.5 Å². The molecule has 1 amide bonds. The van der Waals surface area contributed by atoms with Gasteiger partial charge in [-0.05, 0) is 43.3 Å². The lowest BCUT2D eigenvalue weighted by molar-refractivity contribution is -0.274. The molecule has 0 aliphatic carbocycles. The predicted molar refractivity (Wildman–Crippen MR) is 92.3 cm³/mol. The Bertz CT molecular complexity index is 813. The number of ether oxygens (including phenoxy) is 1. The van der Waals surface area contributed by atoms with E-state index >= 15 is 0 Å². The van der Waals surface area contributed by atoms with Crippen molar-refractivity contribution < 1.29 is 27.5 Å². The summed E-state index contributed by atoms with van der Waals surface area (Å²) in [4.78, 5) is 29.3. The highest BCUT2D eigenvalue weighted by Gasteiger charge is 2.31. The first-order valence-corrected chi connectivity index (χ1v) is 8.39. The maximum atomic E-state index is 12.1. The topological polar surface area (TPSA) is 59.5 Å². The molecule has 0 saturated heterocycles. The third-order valence-electron chi connectivity index (χ3n) is 3.21. The Hall–Kier alpha value is -2.68. The van der Waals surface area contributed by atoms with E-state index < -0.39 is 17.9 Å². The molecule has 26 heavy (non-hydrogen) atoms. The Morgan fingerprint density at radius 1 is 1.27 bits per heavy atom. The SMILES string of the molecule is CCN(C(C)=O)c1nc(C=CC(=O)c2ccc(OC(F)(F)F)cc2)cs1. The molecule has 0 spiro atoms. The number of benzene rings is 1. The Morgan fingerprint density at radius 3 is 2.46 bits per heavy atom. The van der Waals surface area contributed by atoms with Crippen molar-refractivity contribution in [1.29, 1.82) is 0 Å². The van der Waals surface area contributed by atoms with Gasteiger partial charge in [0.05, 0.1) is 5.69 Å². The van der Waals surface area contributed by atoms with Crippen LogP contribution in [0.2, 0.25) is 0 Å². The molecule has 0 fully saturated rings. The zero-order chi connectivity index (χ0) is 19.3. The summed E-state index contributed by atoms with van der Waals surface area (Å²) in [6.07, 6.45) is -2.03. The van der Waals surface area contributed by atoms with E-state index in [4.69, 9.17) is 0 Å². The van der Waals surface area contributed by atoms with Gasteiger partial charge in [-0.1, -0.05) is 0 Å². The summed E-state index contributed by atoms with van der Waals surface area (Å²) in [5.74, 6) is -0.919. The molecule has 5 nitrogen and oxygen atoms in total. The molecular formula is C17H15F3N2O3S. The number of allylic oxidation sites excluding steroid dienone is 1. The molecule has 1 heterocycles. The molecule has 0 saturated carbocycles. The zero-order valence-corrected chi connectivity index (χ0v) is 14.7. The van der Waals surface area contributed by atoms with Crippen LogP contribution in [0.4, 0.5) is 18.3 Å². The second-order valence-electron chi connectivity index (χ2n) is 5.09. The number of hydrogen-bond donors (Lipinski definition) is 0. The van der Waals surface area contributed by atoms with Crippen LogP contribution in [0.3, 0.4) is 0 Å². The minimum absolute atomic E-state index is 0.130. The third kappa shape index (κ3) is 5.41. The van der Waals surface area contributed by atoms with Gasteiger partial charge in [0.2, 0.25) is 5.91 Å². The van der Waals surface area contributed by atoms with E-state index in [-0.39, 0.29) is 11.5 Å². The fourth-order valence-corrected chi connectivity index (χ4v) is 2.95. The Morgan fingerprint density at radius 2 is 1.92 bits per heavy atom. The lowest BCUT2D eigenvalue weighted by Crippen LogP contribution is -2.27. The maximum Gasteiger partial charge on any atom is 0.573 e. The van der Waals surface area contributed by atoms with Crippen molar-refractivity contribution in [3.63, 3.8) is 0 Å². The number of thiazole rings is 1. The molecular weight excluding hydrogens is 369 g/mol. The predicted octanol–water partition coefficient (Wildman–Crippen LogP) is 4.31. The van der Waals surface area contributed by atoms with Gasteiger partial charge in [0, 0.05) is 24.4 Å². The van der Waals surface area contributed by atoms with Crippen LogP contribution in [0.15, 0.2) is 35.7 Å². The van der Waals surface area contributed by atoms with Crippen LogP contribution in [0.1, 0.15) is 29.9 Å². The number of aromatic nitrogens is 1. The van der Waals surface area contributed by atoms with E-state index in [1.165, 1.54) is 47.4 Å². The van der Waals surface area contributed by atoms with Gasteiger partial charge >= 0.3 is 6.36 Å². The van der Waals surface area contributed by atoms with Gasteiger partial charge in [-0.25, -0.2) is 4.98 Å². The van der Waals surface area contributed by atoms with Crippen molar-refractivity contribution in [3.8, 4) is 5.75 Å². The van der Waals surface area contributed by atoms with Crippen LogP contribution >= 0.6 is 11.3 Å². The van der Waals surface area contributed by atoms with E-state index in [2.05, 4.69) is 9.72 Å². The van der Waals surface area contributed by atoms with Crippen molar-refractivity contribution in [2.45, 2.75) is 20.2 Å². The quantitative estimate of drug-likeness (QED) is 0.550. The van der Waals surface area contributed by atoms with Crippen molar-refractivity contribution in [2.24, 2.45) is 0 Å². The summed E-state index contributed by atoms with van der Waals surface area (Å²) in [6.45, 7) is 3.75. The molecule has 2 aromatic rings. The highest BCUT2D eigenvalue weighted by Crippen LogP contribution is 2.23. The summed E-state index contributed by atoms with van der Waals surface area (Å²) in [7, 11) is 0. The highest BCUT2D eigenvalue weighted by atomic mass is 32.1. The van der Waals surface area contributed by atoms with Crippen molar-refractivity contribution >= 4 is 34.2 Å². The number of anilines is 1. The number of rotatable bonds is 6. The van der Waals surface area contributed by atoms with E-state index in [1.807, 2.05) is 6.92 Å². The van der Waals surface area contributed by atoms with E-state index in [0.717, 1.165) is 12.1 Å². The number of nitrogens with zero attached hydrogens (tertiary/aromatic N) is 2. The van der Waals surface area contributed by atoms with Gasteiger partial charge in [-0.2, -0.15) is 0 Å². The molecule has 0 unspecified atom stereocenters. The van der Waals surface area contributed by atoms with Crippen LogP contribution in [0.25, 0.3) is 6.08 Å². The van der Waals surface area contributed by atoms with Crippen molar-refractivity contribution in [1.82, 2.24) is 4.98 Å². The van der Waals surface area contributed by atoms with Crippen LogP contribution in [-0.2, 0) is 4.79 Å². The van der Waals surface area contributed by atoms with Gasteiger partial charge in [0.25, 0.3) is 0 Å². The first kappa shape index (κ1) is 19.6. The fraction of sp³-hybridized carbons (Fsp3) is 0.235. The van der Waals surface area contributed by atoms with E-state index in [1.54, 1.807) is 5.38 Å². The fourth-order valence-electron chi connectivity index (χ4n) is 2.05. The van der Waals surface area contributed by atoms with Gasteiger partial charge < -0.3 is 4.74 Å². The molecule has 1 aromatic heterocycles. The highest BCUT2D eigenvalue weighted by molar-refractivity contribution is 7.14. The Labute approximate surface area is 151 Å². The number of ketones is 1. The molecule has 0 atom stereocenters. The standard InChI is InChI=1S/C17H15F3N2O3S/c1-3-22(11(2)23)16-21-13(10-26-16)6-9-15(24)12-4-7-14(8-5-12)25-17(18,19)20/h4-10H,3H2,1-2H3. The molecule has 1 aromatic carbocycles. The summed E-state index contributed by atoms with van der Waals surface area (Å²) in [6, 6.07) is 4.63. The minimum atomic E-state index is -4.78. The van der Waals surface area contributed by atoms with Crippen molar-refractivity contribution in [2.75, 3.05) is 11.4 Å². The lowest BCUT2D eigenvalue weighted by Gasteiger charge is -2.14. The number of alkyl halides is 3. The first-order chi connectivity index (χ1) is 12.2. The molecule has 138 valence electrons. The van der Waals surface area contributed by atoms with E-state index in [9.17, 15) is 22.8 Å². The molecule has 0 aliphatic rings. The normalized spacial score (nSPS) is 11.6. The second kappa shape index (κ2) is 8.13. The third-order valence-corrected chi connectivity index (χ3v) is 4.10. The summed E-state index contributed by atoms with van der Waals surface area (Å²) in [5, 5.41) is 2.23. The number of amides is 1. The van der Waals surface area contributed by atoms with Gasteiger partial charge in [0.1, 0.15) is 5.75 Å². The maximum absolute atomic E-state index is 12.1. The van der Waals surface area contributed by atoms with Crippen molar-refractivity contribution in [3.05, 3.63) is 47.0 Å². The molecule has 2 rings (SSSR count). The summed E-state index contributed by atoms with van der Waals surface area (Å²) in [5.41, 5.74) is 0.722. The monoisotopic (exact) mass is 384 g/mol. The molecule has 0 N–H and O–H groups in total. The Kier molecular flexibility index (Phi) is 6.14. The molecule has 9 heteroatoms. The average Bonchev–Trinajstić information content (AvgIpc) is 3.00. The molecule has 0 aliphatic heterocycles. The number of halogens is 3. The van der Waals surface area contributed by atoms with Crippen LogP contribution in [0, 0.1) is 0 Å². The largest absolute Gasteiger partial charge is 0.573 e. The number of hydrogen-bond acceptors (Lipinski definition) is 5. The minimum Gasteiger partial charge on any atom is -0.406 e. The summed E-state index contributed by atoms with van der Waals surface area (Å²) < 4.78 is 40.1. The summed E-state index contributed by atoms with van der Waals surface area (Å²) >= 11 is 1.27. The van der Waals surface area contributed by atoms with Crippen LogP contribution in [0.5, 0.6) is 5.75 Å². The van der Waals surface area contributed by atoms with Crippen LogP contribution in [-0.4, -0.2) is 29.6 Å².